The number of benzene rings is 1. The molecule has 0 bridgehead atoms. The van der Waals surface area contributed by atoms with Crippen molar-refractivity contribution in [2.45, 2.75) is 52.4 Å². The topological polar surface area (TPSA) is 43.4 Å². The summed E-state index contributed by atoms with van der Waals surface area (Å²) >= 11 is 0. The van der Waals surface area contributed by atoms with E-state index in [0.29, 0.717) is 12.2 Å². The quantitative estimate of drug-likeness (QED) is 0.365. The maximum Gasteiger partial charge on any atom is 0.170 e. The smallest absolute Gasteiger partial charge is 0.170 e. The van der Waals surface area contributed by atoms with Gasteiger partial charge in [0.2, 0.25) is 0 Å². The molecule has 0 N–H and O–H groups in total. The van der Waals surface area contributed by atoms with Crippen molar-refractivity contribution in [1.82, 2.24) is 0 Å². The van der Waals surface area contributed by atoms with Crippen LogP contribution in [0, 0.1) is 0 Å². The predicted octanol–water partition coefficient (Wildman–Crippen LogP) is 4.20. The highest BCUT2D eigenvalue weighted by Gasteiger charge is 2.08. The number of carbonyl (C=O) groups is 2. The lowest BCUT2D eigenvalue weighted by Crippen LogP contribution is -2.05. The Morgan fingerprint density at radius 3 is 2.25 bits per heavy atom. The fourth-order valence-electron chi connectivity index (χ4n) is 1.96. The van der Waals surface area contributed by atoms with E-state index in [4.69, 9.17) is 4.74 Å². The van der Waals surface area contributed by atoms with E-state index in [0.717, 1.165) is 12.2 Å². The number of hydrogen-bond acceptors (Lipinski definition) is 3. The van der Waals surface area contributed by atoms with Gasteiger partial charge in [-0.05, 0) is 37.6 Å². The minimum Gasteiger partial charge on any atom is -0.494 e. The van der Waals surface area contributed by atoms with E-state index in [1.165, 1.54) is 32.6 Å². The third-order valence-electron chi connectivity index (χ3n) is 3.10. The zero-order valence-electron chi connectivity index (χ0n) is 12.5. The summed E-state index contributed by atoms with van der Waals surface area (Å²) in [5, 5.41) is 0. The fraction of sp³-hybridized carbons (Fsp3) is 0.529. The summed E-state index contributed by atoms with van der Waals surface area (Å²) in [6.07, 6.45) is 6.02. The van der Waals surface area contributed by atoms with Crippen molar-refractivity contribution in [2.24, 2.45) is 0 Å². The molecule has 0 radical (unpaired) electrons. The van der Waals surface area contributed by atoms with E-state index >= 15 is 0 Å². The molecule has 0 spiro atoms. The molecule has 0 aliphatic heterocycles. The molecule has 3 heteroatoms. The SMILES string of the molecule is CCCCCCCOc1ccc(C(=O)CC(C)=O)cc1. The van der Waals surface area contributed by atoms with Crippen LogP contribution in [0.5, 0.6) is 5.75 Å². The van der Waals surface area contributed by atoms with Gasteiger partial charge in [0, 0.05) is 5.56 Å². The Kier molecular flexibility index (Phi) is 7.63. The summed E-state index contributed by atoms with van der Waals surface area (Å²) in [4.78, 5) is 22.6. The van der Waals surface area contributed by atoms with Gasteiger partial charge in [-0.2, -0.15) is 0 Å². The van der Waals surface area contributed by atoms with E-state index in [9.17, 15) is 9.59 Å². The Bertz CT molecular complexity index is 420. The molecule has 0 aliphatic carbocycles. The lowest BCUT2D eigenvalue weighted by atomic mass is 10.1. The second-order valence-electron chi connectivity index (χ2n) is 5.09. The van der Waals surface area contributed by atoms with Crippen LogP contribution in [0.4, 0.5) is 0 Å². The van der Waals surface area contributed by atoms with E-state index in [2.05, 4.69) is 6.92 Å². The zero-order chi connectivity index (χ0) is 14.8. The number of ketones is 2. The van der Waals surface area contributed by atoms with Crippen molar-refractivity contribution in [3.8, 4) is 5.75 Å². The van der Waals surface area contributed by atoms with Gasteiger partial charge in [-0.25, -0.2) is 0 Å². The number of Topliss-reactive ketones (excluding diaryl/α,β-unsaturated/α-hetero) is 2. The maximum absolute atomic E-state index is 11.7. The third-order valence-corrected chi connectivity index (χ3v) is 3.10. The van der Waals surface area contributed by atoms with Crippen LogP contribution in [0.15, 0.2) is 24.3 Å². The Balaban J connectivity index is 2.31. The number of unbranched alkanes of at least 4 members (excludes halogenated alkanes) is 4. The molecular weight excluding hydrogens is 252 g/mol. The highest BCUT2D eigenvalue weighted by Crippen LogP contribution is 2.14. The lowest BCUT2D eigenvalue weighted by Gasteiger charge is -2.06. The summed E-state index contributed by atoms with van der Waals surface area (Å²) in [5.41, 5.74) is 0.565. The van der Waals surface area contributed by atoms with Crippen LogP contribution in [-0.2, 0) is 4.79 Å². The summed E-state index contributed by atoms with van der Waals surface area (Å²) in [6, 6.07) is 7.02. The standard InChI is InChI=1S/C17H24O3/c1-3-4-5-6-7-12-20-16-10-8-15(9-11-16)17(19)13-14(2)18/h8-11H,3-7,12-13H2,1-2H3. The molecule has 110 valence electrons. The number of rotatable bonds is 10. The molecule has 0 saturated carbocycles. The Hall–Kier alpha value is -1.64. The molecule has 0 aliphatic rings. The Morgan fingerprint density at radius 1 is 1.00 bits per heavy atom. The summed E-state index contributed by atoms with van der Waals surface area (Å²) in [5.74, 6) is 0.533. The fourth-order valence-corrected chi connectivity index (χ4v) is 1.96. The van der Waals surface area contributed by atoms with Crippen LogP contribution in [0.25, 0.3) is 0 Å². The Morgan fingerprint density at radius 2 is 1.65 bits per heavy atom. The van der Waals surface area contributed by atoms with Crippen LogP contribution in [0.2, 0.25) is 0 Å². The summed E-state index contributed by atoms with van der Waals surface area (Å²) in [6.45, 7) is 4.34. The van der Waals surface area contributed by atoms with Crippen LogP contribution >= 0.6 is 0 Å². The molecule has 0 heterocycles. The van der Waals surface area contributed by atoms with Gasteiger partial charge in [0.1, 0.15) is 11.5 Å². The molecule has 1 aromatic rings. The minimum absolute atomic E-state index is 0.0301. The van der Waals surface area contributed by atoms with Gasteiger partial charge in [0.25, 0.3) is 0 Å². The third kappa shape index (κ3) is 6.50. The highest BCUT2D eigenvalue weighted by molar-refractivity contribution is 6.07. The number of carbonyl (C=O) groups excluding carboxylic acids is 2. The maximum atomic E-state index is 11.7. The molecule has 0 saturated heterocycles. The molecule has 20 heavy (non-hydrogen) atoms. The van der Waals surface area contributed by atoms with Crippen LogP contribution < -0.4 is 4.74 Å². The second kappa shape index (κ2) is 9.29. The monoisotopic (exact) mass is 276 g/mol. The first-order valence-electron chi connectivity index (χ1n) is 7.39. The summed E-state index contributed by atoms with van der Waals surface area (Å²) < 4.78 is 5.62. The van der Waals surface area contributed by atoms with Gasteiger partial charge < -0.3 is 4.74 Å². The highest BCUT2D eigenvalue weighted by atomic mass is 16.5. The van der Waals surface area contributed by atoms with Gasteiger partial charge in [-0.1, -0.05) is 32.6 Å². The molecule has 0 unspecified atom stereocenters. The number of hydrogen-bond donors (Lipinski definition) is 0. The molecule has 1 rings (SSSR count). The summed E-state index contributed by atoms with van der Waals surface area (Å²) in [7, 11) is 0. The van der Waals surface area contributed by atoms with Gasteiger partial charge in [0.15, 0.2) is 5.78 Å². The largest absolute Gasteiger partial charge is 0.494 e. The van der Waals surface area contributed by atoms with Gasteiger partial charge in [-0.15, -0.1) is 0 Å². The molecule has 0 aromatic heterocycles. The van der Waals surface area contributed by atoms with Crippen molar-refractivity contribution in [3.63, 3.8) is 0 Å². The molecule has 0 fully saturated rings. The molecule has 0 atom stereocenters. The van der Waals surface area contributed by atoms with Crippen molar-refractivity contribution in [1.29, 1.82) is 0 Å². The first-order chi connectivity index (χ1) is 9.63. The first kappa shape index (κ1) is 16.4. The second-order valence-corrected chi connectivity index (χ2v) is 5.09. The van der Waals surface area contributed by atoms with Crippen LogP contribution in [-0.4, -0.2) is 18.2 Å². The molecule has 0 amide bonds. The normalized spacial score (nSPS) is 10.3. The first-order valence-corrected chi connectivity index (χ1v) is 7.39. The molecule has 3 nitrogen and oxygen atoms in total. The predicted molar refractivity (Wildman–Crippen MR) is 80.3 cm³/mol. The van der Waals surface area contributed by atoms with E-state index in [-0.39, 0.29) is 18.0 Å². The Labute approximate surface area is 121 Å². The average Bonchev–Trinajstić information content (AvgIpc) is 2.42. The number of ether oxygens (including phenoxy) is 1. The van der Waals surface area contributed by atoms with E-state index in [1.807, 2.05) is 0 Å². The molecular formula is C17H24O3. The van der Waals surface area contributed by atoms with Gasteiger partial charge in [0.05, 0.1) is 13.0 Å². The van der Waals surface area contributed by atoms with Crippen molar-refractivity contribution in [2.75, 3.05) is 6.61 Å². The van der Waals surface area contributed by atoms with Crippen molar-refractivity contribution < 1.29 is 14.3 Å². The van der Waals surface area contributed by atoms with Crippen LogP contribution in [0.3, 0.4) is 0 Å². The van der Waals surface area contributed by atoms with Crippen LogP contribution in [0.1, 0.15) is 62.7 Å². The van der Waals surface area contributed by atoms with Crippen molar-refractivity contribution in [3.05, 3.63) is 29.8 Å². The van der Waals surface area contributed by atoms with Gasteiger partial charge >= 0.3 is 0 Å². The average molecular weight is 276 g/mol. The lowest BCUT2D eigenvalue weighted by molar-refractivity contribution is -0.116. The van der Waals surface area contributed by atoms with Crippen molar-refractivity contribution >= 4 is 11.6 Å². The minimum atomic E-state index is -0.136. The van der Waals surface area contributed by atoms with E-state index < -0.39 is 0 Å². The zero-order valence-corrected chi connectivity index (χ0v) is 12.5. The van der Waals surface area contributed by atoms with Gasteiger partial charge in [-0.3, -0.25) is 9.59 Å². The van der Waals surface area contributed by atoms with E-state index in [1.54, 1.807) is 24.3 Å². The molecule has 1 aromatic carbocycles.